The van der Waals surface area contributed by atoms with Crippen LogP contribution in [0, 0.1) is 0 Å². The van der Waals surface area contributed by atoms with Crippen LogP contribution >= 0.6 is 0 Å². The predicted octanol–water partition coefficient (Wildman–Crippen LogP) is 2.24. The molecule has 1 aliphatic heterocycles. The number of rotatable bonds is 2. The van der Waals surface area contributed by atoms with E-state index in [0.29, 0.717) is 5.90 Å². The average Bonchev–Trinajstić information content (AvgIpc) is 2.49. The van der Waals surface area contributed by atoms with E-state index in [-0.39, 0.29) is 5.97 Å². The van der Waals surface area contributed by atoms with E-state index < -0.39 is 6.04 Å². The van der Waals surface area contributed by atoms with Crippen molar-refractivity contribution in [2.75, 3.05) is 0 Å². The second-order valence-electron chi connectivity index (χ2n) is 4.18. The zero-order valence-electron chi connectivity index (χ0n) is 10.1. The van der Waals surface area contributed by atoms with Gasteiger partial charge in [0.25, 0.3) is 0 Å². The molecule has 94 valence electrons. The third-order valence-electron chi connectivity index (χ3n) is 2.88. The lowest BCUT2D eigenvalue weighted by Gasteiger charge is -2.21. The summed E-state index contributed by atoms with van der Waals surface area (Å²) in [5, 5.41) is 4.13. The standard InChI is InChI=1S/C15H12N2O2/c18-15-13(11-7-3-1-4-8-11)16-17-14(19-15)12-9-5-2-6-10-12/h1-10,13,16H. The Bertz CT molecular complexity index is 609. The molecule has 4 heteroatoms. The van der Waals surface area contributed by atoms with Crippen molar-refractivity contribution < 1.29 is 9.53 Å². The average molecular weight is 252 g/mol. The molecule has 1 atom stereocenters. The summed E-state index contributed by atoms with van der Waals surface area (Å²) >= 11 is 0. The Kier molecular flexibility index (Phi) is 2.98. The van der Waals surface area contributed by atoms with Gasteiger partial charge in [-0.15, -0.1) is 5.10 Å². The van der Waals surface area contributed by atoms with Gasteiger partial charge in [-0.25, -0.2) is 4.79 Å². The molecule has 0 aromatic heterocycles. The molecular formula is C15H12N2O2. The molecule has 0 radical (unpaired) electrons. The fourth-order valence-electron chi connectivity index (χ4n) is 1.91. The van der Waals surface area contributed by atoms with E-state index in [1.165, 1.54) is 0 Å². The van der Waals surface area contributed by atoms with E-state index in [0.717, 1.165) is 11.1 Å². The van der Waals surface area contributed by atoms with Gasteiger partial charge in [-0.2, -0.15) is 0 Å². The van der Waals surface area contributed by atoms with E-state index in [4.69, 9.17) is 4.74 Å². The molecule has 0 fully saturated rings. The fourth-order valence-corrected chi connectivity index (χ4v) is 1.91. The summed E-state index contributed by atoms with van der Waals surface area (Å²) in [6.45, 7) is 0. The highest BCUT2D eigenvalue weighted by Crippen LogP contribution is 2.19. The van der Waals surface area contributed by atoms with Crippen LogP contribution in [-0.4, -0.2) is 11.9 Å². The maximum absolute atomic E-state index is 12.0. The first-order valence-corrected chi connectivity index (χ1v) is 6.00. The summed E-state index contributed by atoms with van der Waals surface area (Å²) in [7, 11) is 0. The number of hydrazone groups is 1. The lowest BCUT2D eigenvalue weighted by molar-refractivity contribution is -0.139. The third-order valence-corrected chi connectivity index (χ3v) is 2.88. The van der Waals surface area contributed by atoms with Gasteiger partial charge in [0.15, 0.2) is 6.04 Å². The van der Waals surface area contributed by atoms with Gasteiger partial charge in [0.2, 0.25) is 5.90 Å². The van der Waals surface area contributed by atoms with Crippen LogP contribution in [0.15, 0.2) is 65.8 Å². The molecule has 19 heavy (non-hydrogen) atoms. The van der Waals surface area contributed by atoms with E-state index in [1.807, 2.05) is 60.7 Å². The summed E-state index contributed by atoms with van der Waals surface area (Å²) < 4.78 is 5.29. The maximum atomic E-state index is 12.0. The zero-order chi connectivity index (χ0) is 13.1. The first-order chi connectivity index (χ1) is 9.34. The highest BCUT2D eigenvalue weighted by Gasteiger charge is 2.28. The third kappa shape index (κ3) is 2.33. The van der Waals surface area contributed by atoms with Crippen LogP contribution in [0.5, 0.6) is 0 Å². The Labute approximate surface area is 110 Å². The molecule has 1 unspecified atom stereocenters. The van der Waals surface area contributed by atoms with Gasteiger partial charge >= 0.3 is 5.97 Å². The monoisotopic (exact) mass is 252 g/mol. The minimum atomic E-state index is -0.548. The topological polar surface area (TPSA) is 50.7 Å². The Balaban J connectivity index is 1.85. The minimum Gasteiger partial charge on any atom is -0.403 e. The summed E-state index contributed by atoms with van der Waals surface area (Å²) in [5.74, 6) is -0.0437. The van der Waals surface area contributed by atoms with Crippen LogP contribution < -0.4 is 5.43 Å². The Morgan fingerprint density at radius 2 is 1.58 bits per heavy atom. The molecule has 0 saturated heterocycles. The van der Waals surface area contributed by atoms with Crippen LogP contribution in [0.25, 0.3) is 0 Å². The van der Waals surface area contributed by atoms with Gasteiger partial charge in [0.1, 0.15) is 0 Å². The number of nitrogens with one attached hydrogen (secondary N) is 1. The van der Waals surface area contributed by atoms with Crippen LogP contribution in [-0.2, 0) is 9.53 Å². The molecule has 3 rings (SSSR count). The summed E-state index contributed by atoms with van der Waals surface area (Å²) in [6.07, 6.45) is 0. The van der Waals surface area contributed by atoms with E-state index >= 15 is 0 Å². The summed E-state index contributed by atoms with van der Waals surface area (Å²) in [4.78, 5) is 12.0. The number of carbonyl (C=O) groups is 1. The number of hydrogen-bond donors (Lipinski definition) is 1. The molecule has 0 amide bonds. The van der Waals surface area contributed by atoms with Crippen molar-refractivity contribution >= 4 is 11.9 Å². The van der Waals surface area contributed by atoms with Gasteiger partial charge in [-0.1, -0.05) is 48.5 Å². The Hall–Kier alpha value is -2.62. The molecule has 1 N–H and O–H groups in total. The molecule has 1 aliphatic rings. The van der Waals surface area contributed by atoms with Gasteiger partial charge < -0.3 is 4.74 Å². The van der Waals surface area contributed by atoms with Gasteiger partial charge in [-0.05, 0) is 17.7 Å². The number of cyclic esters (lactones) is 1. The van der Waals surface area contributed by atoms with Gasteiger partial charge in [-0.3, -0.25) is 5.43 Å². The van der Waals surface area contributed by atoms with Crippen molar-refractivity contribution in [1.82, 2.24) is 5.43 Å². The van der Waals surface area contributed by atoms with E-state index in [1.54, 1.807) is 0 Å². The molecule has 2 aromatic rings. The number of ether oxygens (including phenoxy) is 1. The highest BCUT2D eigenvalue weighted by atomic mass is 16.5. The van der Waals surface area contributed by atoms with E-state index in [2.05, 4.69) is 10.5 Å². The van der Waals surface area contributed by atoms with Crippen LogP contribution in [0.2, 0.25) is 0 Å². The van der Waals surface area contributed by atoms with Crippen molar-refractivity contribution in [2.24, 2.45) is 5.10 Å². The SMILES string of the molecule is O=C1OC(c2ccccc2)=NNC1c1ccccc1. The zero-order valence-corrected chi connectivity index (χ0v) is 10.1. The first kappa shape index (κ1) is 11.5. The molecule has 4 nitrogen and oxygen atoms in total. The second kappa shape index (κ2) is 4.94. The van der Waals surface area contributed by atoms with Crippen LogP contribution in [0.1, 0.15) is 17.2 Å². The number of nitrogens with zero attached hydrogens (tertiary/aromatic N) is 1. The molecular weight excluding hydrogens is 240 g/mol. The smallest absolute Gasteiger partial charge is 0.341 e. The molecule has 0 spiro atoms. The first-order valence-electron chi connectivity index (χ1n) is 6.00. The largest absolute Gasteiger partial charge is 0.403 e. The molecule has 0 bridgehead atoms. The molecule has 0 saturated carbocycles. The number of hydrogen-bond acceptors (Lipinski definition) is 4. The normalized spacial score (nSPS) is 18.2. The van der Waals surface area contributed by atoms with Crippen molar-refractivity contribution in [3.8, 4) is 0 Å². The summed E-state index contributed by atoms with van der Waals surface area (Å²) in [6, 6.07) is 18.2. The second-order valence-corrected chi connectivity index (χ2v) is 4.18. The van der Waals surface area contributed by atoms with Crippen molar-refractivity contribution in [2.45, 2.75) is 6.04 Å². The van der Waals surface area contributed by atoms with Crippen LogP contribution in [0.3, 0.4) is 0 Å². The van der Waals surface area contributed by atoms with E-state index in [9.17, 15) is 4.79 Å². The quantitative estimate of drug-likeness (QED) is 0.834. The molecule has 2 aromatic carbocycles. The lowest BCUT2D eigenvalue weighted by atomic mass is 10.1. The van der Waals surface area contributed by atoms with Crippen LogP contribution in [0.4, 0.5) is 0 Å². The Morgan fingerprint density at radius 1 is 0.947 bits per heavy atom. The highest BCUT2D eigenvalue weighted by molar-refractivity contribution is 6.02. The number of esters is 1. The molecule has 1 heterocycles. The van der Waals surface area contributed by atoms with Gasteiger partial charge in [0, 0.05) is 5.56 Å². The lowest BCUT2D eigenvalue weighted by Crippen LogP contribution is -2.35. The summed E-state index contributed by atoms with van der Waals surface area (Å²) in [5.41, 5.74) is 4.46. The van der Waals surface area contributed by atoms with Crippen molar-refractivity contribution in [3.05, 3.63) is 71.8 Å². The maximum Gasteiger partial charge on any atom is 0.341 e. The number of benzene rings is 2. The van der Waals surface area contributed by atoms with Crippen molar-refractivity contribution in [1.29, 1.82) is 0 Å². The van der Waals surface area contributed by atoms with Gasteiger partial charge in [0.05, 0.1) is 0 Å². The fraction of sp³-hybridized carbons (Fsp3) is 0.0667. The minimum absolute atomic E-state index is 0.304. The predicted molar refractivity (Wildman–Crippen MR) is 71.4 cm³/mol. The Morgan fingerprint density at radius 3 is 2.21 bits per heavy atom. The van der Waals surface area contributed by atoms with Crippen molar-refractivity contribution in [3.63, 3.8) is 0 Å². The number of carbonyl (C=O) groups excluding carboxylic acids is 1. The molecule has 0 aliphatic carbocycles.